The zero-order valence-electron chi connectivity index (χ0n) is 12.8. The highest BCUT2D eigenvalue weighted by Crippen LogP contribution is 2.49. The first-order valence-corrected chi connectivity index (χ1v) is 8.31. The Morgan fingerprint density at radius 1 is 0.609 bits per heavy atom. The Labute approximate surface area is 135 Å². The quantitative estimate of drug-likeness (QED) is 0.379. The van der Waals surface area contributed by atoms with E-state index in [1.165, 1.54) is 49.4 Å². The van der Waals surface area contributed by atoms with Gasteiger partial charge >= 0.3 is 0 Å². The zero-order chi connectivity index (χ0) is 15.0. The molecule has 23 heavy (non-hydrogen) atoms. The number of rotatable bonds is 0. The molecule has 0 bridgehead atoms. The second-order valence-corrected chi connectivity index (χ2v) is 6.77. The van der Waals surface area contributed by atoms with Crippen LogP contribution in [0.3, 0.4) is 0 Å². The monoisotopic (exact) mass is 291 g/mol. The van der Waals surface area contributed by atoms with E-state index in [-0.39, 0.29) is 0 Å². The van der Waals surface area contributed by atoms with E-state index in [0.29, 0.717) is 0 Å². The molecule has 2 aliphatic rings. The van der Waals surface area contributed by atoms with Crippen LogP contribution in [-0.4, -0.2) is 0 Å². The number of fused-ring (bicyclic) bond motifs is 4. The molecule has 2 aliphatic carbocycles. The maximum absolute atomic E-state index is 2.34. The molecule has 0 saturated heterocycles. The van der Waals surface area contributed by atoms with Gasteiger partial charge in [-0.1, -0.05) is 18.2 Å². The van der Waals surface area contributed by atoms with Crippen LogP contribution in [0, 0.1) is 5.92 Å². The average Bonchev–Trinajstić information content (AvgIpc) is 3.00. The second kappa shape index (κ2) is 3.97. The summed E-state index contributed by atoms with van der Waals surface area (Å²) in [5, 5.41) is 5.65. The first-order valence-electron chi connectivity index (χ1n) is 8.31. The molecule has 0 radical (unpaired) electrons. The summed E-state index contributed by atoms with van der Waals surface area (Å²) in [5.41, 5.74) is 7.51. The predicted molar refractivity (Wildman–Crippen MR) is 95.9 cm³/mol. The van der Waals surface area contributed by atoms with Crippen LogP contribution in [0.1, 0.15) is 27.8 Å². The molecule has 0 heteroatoms. The van der Waals surface area contributed by atoms with Crippen LogP contribution >= 0.6 is 0 Å². The van der Waals surface area contributed by atoms with Gasteiger partial charge in [0.15, 0.2) is 0 Å². The molecule has 0 atom stereocenters. The van der Waals surface area contributed by atoms with E-state index in [4.69, 9.17) is 0 Å². The molecule has 0 heterocycles. The highest BCUT2D eigenvalue weighted by atomic mass is 14.4. The molecule has 0 aliphatic heterocycles. The highest BCUT2D eigenvalue weighted by Gasteiger charge is 2.40. The van der Waals surface area contributed by atoms with E-state index in [1.54, 1.807) is 5.92 Å². The first-order chi connectivity index (χ1) is 11.4. The molecule has 4 aromatic carbocycles. The fraction of sp³-hybridized carbons (Fsp3) is 0.0870. The van der Waals surface area contributed by atoms with Crippen LogP contribution in [0.5, 0.6) is 0 Å². The lowest BCUT2D eigenvalue weighted by molar-refractivity contribution is 1.000. The Kier molecular flexibility index (Phi) is 2.03. The fourth-order valence-corrected chi connectivity index (χ4v) is 4.66. The molecule has 0 amide bonds. The summed E-state index contributed by atoms with van der Waals surface area (Å²) < 4.78 is 0. The van der Waals surface area contributed by atoms with Gasteiger partial charge < -0.3 is 0 Å². The Morgan fingerprint density at radius 2 is 1.39 bits per heavy atom. The van der Waals surface area contributed by atoms with E-state index in [2.05, 4.69) is 66.7 Å². The van der Waals surface area contributed by atoms with Crippen LogP contribution in [0.4, 0.5) is 0 Å². The van der Waals surface area contributed by atoms with Crippen molar-refractivity contribution in [1.29, 1.82) is 0 Å². The molecular formula is C23H15+. The van der Waals surface area contributed by atoms with Gasteiger partial charge in [0.25, 0.3) is 0 Å². The standard InChI is InChI=1S/C23H15/c1-2-7-19-14(4-1)8-10-17-12-18-11-9-15-5-3-6-16-13-20(22(17)19)23(18)21(15)16/h1-11H,12-13H2/q+1. The summed E-state index contributed by atoms with van der Waals surface area (Å²) in [6.45, 7) is 0. The van der Waals surface area contributed by atoms with Crippen molar-refractivity contribution >= 4 is 21.5 Å². The van der Waals surface area contributed by atoms with Crippen LogP contribution < -0.4 is 0 Å². The molecule has 0 aromatic heterocycles. The van der Waals surface area contributed by atoms with Crippen LogP contribution in [-0.2, 0) is 12.8 Å². The van der Waals surface area contributed by atoms with E-state index < -0.39 is 0 Å². The van der Waals surface area contributed by atoms with Gasteiger partial charge in [0, 0.05) is 33.9 Å². The van der Waals surface area contributed by atoms with Crippen LogP contribution in [0.2, 0.25) is 0 Å². The Morgan fingerprint density at radius 3 is 2.35 bits per heavy atom. The summed E-state index contributed by atoms with van der Waals surface area (Å²) in [5.74, 6) is 1.55. The van der Waals surface area contributed by atoms with Crippen molar-refractivity contribution in [2.45, 2.75) is 12.8 Å². The first kappa shape index (κ1) is 11.8. The smallest absolute Gasteiger partial charge is 0.0602 e. The third-order valence-electron chi connectivity index (χ3n) is 5.59. The van der Waals surface area contributed by atoms with Gasteiger partial charge in [0.1, 0.15) is 0 Å². The topological polar surface area (TPSA) is 0 Å². The number of hydrogen-bond acceptors (Lipinski definition) is 0. The summed E-state index contributed by atoms with van der Waals surface area (Å²) in [4.78, 5) is 0. The number of hydrogen-bond donors (Lipinski definition) is 0. The Balaban J connectivity index is 1.75. The van der Waals surface area contributed by atoms with E-state index in [0.717, 1.165) is 12.8 Å². The van der Waals surface area contributed by atoms with Crippen LogP contribution in [0.25, 0.3) is 21.5 Å². The summed E-state index contributed by atoms with van der Waals surface area (Å²) in [6.07, 6.45) is 2.13. The van der Waals surface area contributed by atoms with Crippen molar-refractivity contribution in [1.82, 2.24) is 0 Å². The van der Waals surface area contributed by atoms with Gasteiger partial charge in [-0.05, 0) is 48.5 Å². The van der Waals surface area contributed by atoms with E-state index in [9.17, 15) is 0 Å². The van der Waals surface area contributed by atoms with Crippen LogP contribution in [0.15, 0.2) is 66.7 Å². The lowest BCUT2D eigenvalue weighted by Crippen LogP contribution is -2.13. The normalized spacial score (nSPS) is 14.5. The SMILES string of the molecule is c1ccc2c3c(ccc2c1)Cc1ccc2cccc4c2c1[C+]3C4. The lowest BCUT2D eigenvalue weighted by atomic mass is 9.76. The maximum Gasteiger partial charge on any atom is 0.0884 e. The molecular weight excluding hydrogens is 276 g/mol. The molecule has 0 spiro atoms. The third-order valence-corrected chi connectivity index (χ3v) is 5.59. The zero-order valence-corrected chi connectivity index (χ0v) is 12.8. The van der Waals surface area contributed by atoms with Gasteiger partial charge in [0.05, 0.1) is 34.2 Å². The van der Waals surface area contributed by atoms with Gasteiger partial charge in [-0.15, -0.1) is 0 Å². The molecule has 106 valence electrons. The highest BCUT2D eigenvalue weighted by molar-refractivity contribution is 6.00. The second-order valence-electron chi connectivity index (χ2n) is 6.77. The predicted octanol–water partition coefficient (Wildman–Crippen LogP) is 5.42. The van der Waals surface area contributed by atoms with Gasteiger partial charge in [-0.2, -0.15) is 0 Å². The molecule has 0 saturated carbocycles. The third kappa shape index (κ3) is 1.39. The largest absolute Gasteiger partial charge is 0.0884 e. The molecule has 0 nitrogen and oxygen atoms in total. The minimum atomic E-state index is 1.06. The lowest BCUT2D eigenvalue weighted by Gasteiger charge is -2.20. The Hall–Kier alpha value is -2.73. The van der Waals surface area contributed by atoms with Crippen molar-refractivity contribution in [3.63, 3.8) is 0 Å². The molecule has 0 N–H and O–H groups in total. The minimum Gasteiger partial charge on any atom is -0.0602 e. The van der Waals surface area contributed by atoms with Crippen molar-refractivity contribution in [2.75, 3.05) is 0 Å². The maximum atomic E-state index is 2.34. The summed E-state index contributed by atoms with van der Waals surface area (Å²) in [6, 6.07) is 24.8. The molecule has 0 unspecified atom stereocenters. The molecule has 6 rings (SSSR count). The van der Waals surface area contributed by atoms with Gasteiger partial charge in [-0.3, -0.25) is 0 Å². The minimum absolute atomic E-state index is 1.06. The van der Waals surface area contributed by atoms with E-state index >= 15 is 0 Å². The number of benzene rings is 4. The summed E-state index contributed by atoms with van der Waals surface area (Å²) >= 11 is 0. The van der Waals surface area contributed by atoms with Crippen molar-refractivity contribution < 1.29 is 0 Å². The molecule has 0 fully saturated rings. The average molecular weight is 291 g/mol. The van der Waals surface area contributed by atoms with Crippen molar-refractivity contribution in [3.8, 4) is 0 Å². The van der Waals surface area contributed by atoms with Gasteiger partial charge in [0.2, 0.25) is 0 Å². The Bertz CT molecular complexity index is 1120. The van der Waals surface area contributed by atoms with E-state index in [1.807, 2.05) is 0 Å². The molecule has 4 aromatic rings. The van der Waals surface area contributed by atoms with Crippen molar-refractivity contribution in [3.05, 3.63) is 100 Å². The summed E-state index contributed by atoms with van der Waals surface area (Å²) in [7, 11) is 0. The van der Waals surface area contributed by atoms with Crippen molar-refractivity contribution in [2.24, 2.45) is 0 Å². The van der Waals surface area contributed by atoms with Gasteiger partial charge in [-0.25, -0.2) is 0 Å². The fourth-order valence-electron chi connectivity index (χ4n) is 4.66.